The first-order chi connectivity index (χ1) is 8.26. The predicted molar refractivity (Wildman–Crippen MR) is 58.4 cm³/mol. The molecule has 0 fully saturated rings. The van der Waals surface area contributed by atoms with Gasteiger partial charge < -0.3 is 9.47 Å². The van der Waals surface area contributed by atoms with E-state index in [-0.39, 0.29) is 11.8 Å². The van der Waals surface area contributed by atoms with Crippen molar-refractivity contribution in [2.24, 2.45) is 0 Å². The van der Waals surface area contributed by atoms with E-state index < -0.39 is 18.2 Å². The van der Waals surface area contributed by atoms with Gasteiger partial charge in [0.05, 0.1) is 6.10 Å². The molecule has 0 aliphatic heterocycles. The van der Waals surface area contributed by atoms with Crippen molar-refractivity contribution in [1.29, 1.82) is 0 Å². The zero-order valence-corrected chi connectivity index (χ0v) is 9.75. The highest BCUT2D eigenvalue weighted by Crippen LogP contribution is 2.25. The van der Waals surface area contributed by atoms with Crippen LogP contribution in [0.1, 0.15) is 13.8 Å². The Morgan fingerprint density at radius 1 is 1.33 bits per heavy atom. The van der Waals surface area contributed by atoms with E-state index in [1.54, 1.807) is 13.8 Å². The summed E-state index contributed by atoms with van der Waals surface area (Å²) in [6.45, 7) is 3.31. The maximum atomic E-state index is 12.0. The third-order valence-electron chi connectivity index (χ3n) is 1.66. The van der Waals surface area contributed by atoms with Gasteiger partial charge in [-0.2, -0.15) is 0 Å². The van der Waals surface area contributed by atoms with E-state index in [2.05, 4.69) is 10.1 Å². The molecular formula is C11H12F3NO3. The molecule has 0 bridgehead atoms. The molecule has 0 radical (unpaired) electrons. The Bertz CT molecular complexity index is 418. The molecule has 0 atom stereocenters. The van der Waals surface area contributed by atoms with E-state index in [0.717, 1.165) is 12.1 Å². The second kappa shape index (κ2) is 5.61. The summed E-state index contributed by atoms with van der Waals surface area (Å²) in [5.41, 5.74) is 0.155. The first kappa shape index (κ1) is 14.1. The van der Waals surface area contributed by atoms with Crippen LogP contribution >= 0.6 is 0 Å². The lowest BCUT2D eigenvalue weighted by atomic mass is 10.3. The predicted octanol–water partition coefficient (Wildman–Crippen LogP) is 3.54. The van der Waals surface area contributed by atoms with Crippen molar-refractivity contribution >= 4 is 11.8 Å². The smallest absolute Gasteiger partial charge is 0.447 e. The second-order valence-electron chi connectivity index (χ2n) is 3.65. The lowest BCUT2D eigenvalue weighted by Crippen LogP contribution is -2.19. The number of hydrogen-bond donors (Lipinski definition) is 1. The molecule has 0 aliphatic carbocycles. The van der Waals surface area contributed by atoms with Crippen LogP contribution in [-0.2, 0) is 4.74 Å². The fourth-order valence-corrected chi connectivity index (χ4v) is 1.13. The van der Waals surface area contributed by atoms with E-state index in [0.29, 0.717) is 0 Å². The van der Waals surface area contributed by atoms with Crippen molar-refractivity contribution in [3.63, 3.8) is 0 Å². The summed E-state index contributed by atoms with van der Waals surface area (Å²) in [6, 6.07) is 4.93. The molecule has 0 unspecified atom stereocenters. The Morgan fingerprint density at radius 3 is 2.56 bits per heavy atom. The third-order valence-corrected chi connectivity index (χ3v) is 1.66. The fourth-order valence-electron chi connectivity index (χ4n) is 1.13. The summed E-state index contributed by atoms with van der Waals surface area (Å²) < 4.78 is 44.4. The molecular weight excluding hydrogens is 251 g/mol. The van der Waals surface area contributed by atoms with Gasteiger partial charge in [-0.1, -0.05) is 6.07 Å². The number of anilines is 1. The summed E-state index contributed by atoms with van der Waals surface area (Å²) in [5, 5.41) is 2.29. The minimum absolute atomic E-state index is 0.155. The van der Waals surface area contributed by atoms with Gasteiger partial charge in [-0.3, -0.25) is 5.32 Å². The molecule has 1 aromatic carbocycles. The quantitative estimate of drug-likeness (QED) is 0.907. The number of benzene rings is 1. The van der Waals surface area contributed by atoms with Gasteiger partial charge in [-0.25, -0.2) is 4.79 Å². The van der Waals surface area contributed by atoms with Gasteiger partial charge in [0.1, 0.15) is 5.75 Å². The largest absolute Gasteiger partial charge is 0.573 e. The molecule has 18 heavy (non-hydrogen) atoms. The molecule has 1 rings (SSSR count). The van der Waals surface area contributed by atoms with Crippen LogP contribution in [0, 0.1) is 0 Å². The average Bonchev–Trinajstić information content (AvgIpc) is 2.13. The number of nitrogens with one attached hydrogen (secondary N) is 1. The molecule has 0 saturated carbocycles. The van der Waals surface area contributed by atoms with Crippen molar-refractivity contribution < 1.29 is 27.4 Å². The van der Waals surface area contributed by atoms with Gasteiger partial charge in [0.15, 0.2) is 0 Å². The summed E-state index contributed by atoms with van der Waals surface area (Å²) in [5.74, 6) is -0.412. The molecule has 1 N–H and O–H groups in total. The van der Waals surface area contributed by atoms with Crippen LogP contribution in [0.2, 0.25) is 0 Å². The van der Waals surface area contributed by atoms with E-state index in [4.69, 9.17) is 4.74 Å². The van der Waals surface area contributed by atoms with Gasteiger partial charge in [-0.15, -0.1) is 13.2 Å². The van der Waals surface area contributed by atoms with E-state index in [1.165, 1.54) is 12.1 Å². The van der Waals surface area contributed by atoms with Crippen molar-refractivity contribution in [2.75, 3.05) is 5.32 Å². The third kappa shape index (κ3) is 5.42. The molecule has 7 heteroatoms. The van der Waals surface area contributed by atoms with Crippen molar-refractivity contribution in [3.8, 4) is 5.75 Å². The highest BCUT2D eigenvalue weighted by atomic mass is 19.4. The van der Waals surface area contributed by atoms with Crippen molar-refractivity contribution in [1.82, 2.24) is 0 Å². The molecule has 0 spiro atoms. The Labute approximate surface area is 102 Å². The highest BCUT2D eigenvalue weighted by molar-refractivity contribution is 5.84. The van der Waals surface area contributed by atoms with Crippen LogP contribution in [0.5, 0.6) is 5.75 Å². The number of carbonyl (C=O) groups is 1. The number of ether oxygens (including phenoxy) is 2. The Hall–Kier alpha value is -1.92. The summed E-state index contributed by atoms with van der Waals surface area (Å²) in [6.07, 6.45) is -5.83. The van der Waals surface area contributed by atoms with Gasteiger partial charge >= 0.3 is 12.5 Å². The number of halogens is 3. The van der Waals surface area contributed by atoms with Crippen molar-refractivity contribution in [2.45, 2.75) is 26.3 Å². The maximum absolute atomic E-state index is 12.0. The van der Waals surface area contributed by atoms with Crippen LogP contribution < -0.4 is 10.1 Å². The minimum atomic E-state index is -4.77. The Balaban J connectivity index is 2.68. The zero-order chi connectivity index (χ0) is 13.8. The first-order valence-electron chi connectivity index (χ1n) is 5.10. The van der Waals surface area contributed by atoms with Gasteiger partial charge in [0, 0.05) is 11.8 Å². The summed E-state index contributed by atoms with van der Waals surface area (Å²) >= 11 is 0. The molecule has 0 aromatic heterocycles. The average molecular weight is 263 g/mol. The van der Waals surface area contributed by atoms with Crippen LogP contribution in [0.15, 0.2) is 24.3 Å². The normalized spacial score (nSPS) is 11.2. The molecule has 100 valence electrons. The molecule has 0 saturated heterocycles. The molecule has 1 amide bonds. The Morgan fingerprint density at radius 2 is 2.00 bits per heavy atom. The molecule has 0 aliphatic rings. The number of hydrogen-bond acceptors (Lipinski definition) is 3. The zero-order valence-electron chi connectivity index (χ0n) is 9.75. The second-order valence-corrected chi connectivity index (χ2v) is 3.65. The minimum Gasteiger partial charge on any atom is -0.447 e. The van der Waals surface area contributed by atoms with Gasteiger partial charge in [0.25, 0.3) is 0 Å². The van der Waals surface area contributed by atoms with Crippen LogP contribution in [0.3, 0.4) is 0 Å². The van der Waals surface area contributed by atoms with E-state index in [1.807, 2.05) is 0 Å². The Kier molecular flexibility index (Phi) is 4.41. The van der Waals surface area contributed by atoms with Crippen LogP contribution in [-0.4, -0.2) is 18.6 Å². The molecule has 0 heterocycles. The first-order valence-corrected chi connectivity index (χ1v) is 5.10. The highest BCUT2D eigenvalue weighted by Gasteiger charge is 2.31. The number of amides is 1. The van der Waals surface area contributed by atoms with Crippen LogP contribution in [0.25, 0.3) is 0 Å². The molecule has 4 nitrogen and oxygen atoms in total. The van der Waals surface area contributed by atoms with Gasteiger partial charge in [0.2, 0.25) is 0 Å². The number of rotatable bonds is 3. The molecule has 1 aromatic rings. The SMILES string of the molecule is CC(C)OC(=O)Nc1cccc(OC(F)(F)F)c1. The van der Waals surface area contributed by atoms with Crippen LogP contribution in [0.4, 0.5) is 23.7 Å². The fraction of sp³-hybridized carbons (Fsp3) is 0.364. The maximum Gasteiger partial charge on any atom is 0.573 e. The summed E-state index contributed by atoms with van der Waals surface area (Å²) in [4.78, 5) is 11.2. The van der Waals surface area contributed by atoms with Crippen molar-refractivity contribution in [3.05, 3.63) is 24.3 Å². The van der Waals surface area contributed by atoms with Gasteiger partial charge in [-0.05, 0) is 26.0 Å². The lowest BCUT2D eigenvalue weighted by molar-refractivity contribution is -0.274. The topological polar surface area (TPSA) is 47.6 Å². The number of alkyl halides is 3. The van der Waals surface area contributed by atoms with E-state index >= 15 is 0 Å². The standard InChI is InChI=1S/C11H12F3NO3/c1-7(2)17-10(16)15-8-4-3-5-9(6-8)18-11(12,13)14/h3-7H,1-2H3,(H,15,16). The summed E-state index contributed by atoms with van der Waals surface area (Å²) in [7, 11) is 0. The number of carbonyl (C=O) groups excluding carboxylic acids is 1. The monoisotopic (exact) mass is 263 g/mol. The lowest BCUT2D eigenvalue weighted by Gasteiger charge is -2.12. The van der Waals surface area contributed by atoms with E-state index in [9.17, 15) is 18.0 Å².